The van der Waals surface area contributed by atoms with E-state index in [1.165, 1.54) is 6.07 Å². The molecule has 4 nitrogen and oxygen atoms in total. The molecule has 0 radical (unpaired) electrons. The lowest BCUT2D eigenvalue weighted by Gasteiger charge is -2.37. The average molecular weight is 285 g/mol. The summed E-state index contributed by atoms with van der Waals surface area (Å²) in [6.07, 6.45) is -3.86. The summed E-state index contributed by atoms with van der Waals surface area (Å²) in [5, 5.41) is 5.98. The van der Waals surface area contributed by atoms with Crippen molar-refractivity contribution >= 4 is 11.6 Å². The predicted molar refractivity (Wildman–Crippen MR) is 67.5 cm³/mol. The number of carbonyl (C=O) groups excluding carboxylic acids is 1. The van der Waals surface area contributed by atoms with Gasteiger partial charge in [0.25, 0.3) is 5.91 Å². The summed E-state index contributed by atoms with van der Waals surface area (Å²) in [4.78, 5) is 14.0. The first-order chi connectivity index (χ1) is 9.47. The van der Waals surface area contributed by atoms with Crippen LogP contribution in [0.15, 0.2) is 18.2 Å². The molecule has 0 unspecified atom stereocenters. The summed E-state index contributed by atoms with van der Waals surface area (Å²) in [6, 6.07) is 3.36. The van der Waals surface area contributed by atoms with Gasteiger partial charge in [0.05, 0.1) is 16.8 Å². The number of benzene rings is 1. The van der Waals surface area contributed by atoms with Crippen molar-refractivity contribution in [3.05, 3.63) is 29.3 Å². The van der Waals surface area contributed by atoms with Crippen molar-refractivity contribution in [3.63, 3.8) is 0 Å². The van der Waals surface area contributed by atoms with E-state index in [9.17, 15) is 18.0 Å². The molecule has 1 fully saturated rings. The van der Waals surface area contributed by atoms with Gasteiger partial charge in [-0.1, -0.05) is 0 Å². The van der Waals surface area contributed by atoms with Gasteiger partial charge in [-0.3, -0.25) is 4.79 Å². The van der Waals surface area contributed by atoms with E-state index in [1.54, 1.807) is 0 Å². The zero-order valence-electron chi connectivity index (χ0n) is 10.6. The molecule has 7 heteroatoms. The number of nitrogens with one attached hydrogen (secondary N) is 2. The third kappa shape index (κ3) is 2.22. The van der Waals surface area contributed by atoms with Crippen molar-refractivity contribution in [1.29, 1.82) is 0 Å². The van der Waals surface area contributed by atoms with Gasteiger partial charge in [-0.25, -0.2) is 0 Å². The number of hydrogen-bond acceptors (Lipinski definition) is 3. The number of rotatable bonds is 0. The van der Waals surface area contributed by atoms with Gasteiger partial charge in [0.2, 0.25) is 0 Å². The molecule has 20 heavy (non-hydrogen) atoms. The second-order valence-corrected chi connectivity index (χ2v) is 4.95. The van der Waals surface area contributed by atoms with E-state index in [2.05, 4.69) is 10.6 Å². The van der Waals surface area contributed by atoms with Crippen LogP contribution in [0.3, 0.4) is 0 Å². The second kappa shape index (κ2) is 4.66. The summed E-state index contributed by atoms with van der Waals surface area (Å²) >= 11 is 0. The van der Waals surface area contributed by atoms with Crippen molar-refractivity contribution in [1.82, 2.24) is 10.6 Å². The van der Waals surface area contributed by atoms with Crippen LogP contribution in [0.4, 0.5) is 18.9 Å². The largest absolute Gasteiger partial charge is 0.416 e. The van der Waals surface area contributed by atoms with E-state index in [0.29, 0.717) is 12.2 Å². The number of alkyl halides is 3. The van der Waals surface area contributed by atoms with Crippen LogP contribution in [0, 0.1) is 0 Å². The van der Waals surface area contributed by atoms with E-state index >= 15 is 0 Å². The molecule has 0 saturated carbocycles. The number of halogens is 3. The monoisotopic (exact) mass is 285 g/mol. The number of hydrogen-bond donors (Lipinski definition) is 2. The van der Waals surface area contributed by atoms with Crippen LogP contribution in [0.2, 0.25) is 0 Å². The van der Waals surface area contributed by atoms with Crippen LogP contribution >= 0.6 is 0 Å². The molecule has 2 N–H and O–H groups in total. The summed E-state index contributed by atoms with van der Waals surface area (Å²) in [5.74, 6) is -0.436. The maximum absolute atomic E-state index is 12.7. The molecular formula is C13H14F3N3O. The highest BCUT2D eigenvalue weighted by molar-refractivity contribution is 6.02. The molecule has 108 valence electrons. The number of fused-ring (bicyclic) bond motifs is 3. The molecule has 2 aliphatic rings. The summed E-state index contributed by atoms with van der Waals surface area (Å²) in [7, 11) is 0. The molecule has 2 heterocycles. The van der Waals surface area contributed by atoms with E-state index in [4.69, 9.17) is 0 Å². The highest BCUT2D eigenvalue weighted by Crippen LogP contribution is 2.35. The maximum Gasteiger partial charge on any atom is 0.416 e. The standard InChI is InChI=1S/C13H14F3N3O/c14-13(15,16)8-1-2-10-9(7-8)12(20)18-11-3-4-17-5-6-19(10)11/h1-2,7,11,17H,3-6H2,(H,18,20)/t11-/m1/s1. The van der Waals surface area contributed by atoms with Gasteiger partial charge in [0.15, 0.2) is 0 Å². The van der Waals surface area contributed by atoms with E-state index in [1.807, 2.05) is 4.90 Å². The Kier molecular flexibility index (Phi) is 3.08. The normalized spacial score (nSPS) is 22.6. The Balaban J connectivity index is 2.03. The first-order valence-corrected chi connectivity index (χ1v) is 6.46. The molecule has 0 aliphatic carbocycles. The number of nitrogens with zero attached hydrogens (tertiary/aromatic N) is 1. The minimum absolute atomic E-state index is 0.0953. The van der Waals surface area contributed by atoms with Crippen LogP contribution in [0.1, 0.15) is 22.3 Å². The van der Waals surface area contributed by atoms with Gasteiger partial charge in [-0.05, 0) is 31.2 Å². The molecule has 2 aliphatic heterocycles. The Morgan fingerprint density at radius 3 is 2.80 bits per heavy atom. The first kappa shape index (κ1) is 13.2. The number of amides is 1. The Morgan fingerprint density at radius 2 is 2.05 bits per heavy atom. The van der Waals surface area contributed by atoms with Crippen LogP contribution in [-0.4, -0.2) is 31.7 Å². The average Bonchev–Trinajstić information content (AvgIpc) is 2.62. The van der Waals surface area contributed by atoms with Crippen LogP contribution < -0.4 is 15.5 Å². The molecule has 1 atom stereocenters. The summed E-state index contributed by atoms with van der Waals surface area (Å²) in [5.41, 5.74) is -0.119. The SMILES string of the molecule is O=C1N[C@H]2CCNCCN2c2ccc(C(F)(F)F)cc21. The first-order valence-electron chi connectivity index (χ1n) is 6.46. The fourth-order valence-corrected chi connectivity index (χ4v) is 2.69. The Morgan fingerprint density at radius 1 is 1.25 bits per heavy atom. The molecule has 1 saturated heterocycles. The fraction of sp³-hybridized carbons (Fsp3) is 0.462. The van der Waals surface area contributed by atoms with Gasteiger partial charge in [0.1, 0.15) is 6.17 Å². The Labute approximate surface area is 113 Å². The van der Waals surface area contributed by atoms with Crippen molar-refractivity contribution in [2.75, 3.05) is 24.5 Å². The third-order valence-electron chi connectivity index (χ3n) is 3.68. The molecular weight excluding hydrogens is 271 g/mol. The number of anilines is 1. The van der Waals surface area contributed by atoms with Crippen molar-refractivity contribution in [2.45, 2.75) is 18.8 Å². The quantitative estimate of drug-likeness (QED) is 0.760. The molecule has 0 spiro atoms. The van der Waals surface area contributed by atoms with E-state index < -0.39 is 17.6 Å². The zero-order valence-corrected chi connectivity index (χ0v) is 10.6. The maximum atomic E-state index is 12.7. The van der Waals surface area contributed by atoms with Gasteiger partial charge < -0.3 is 15.5 Å². The molecule has 1 aromatic carbocycles. The smallest absolute Gasteiger partial charge is 0.349 e. The highest BCUT2D eigenvalue weighted by atomic mass is 19.4. The van der Waals surface area contributed by atoms with Crippen LogP contribution in [0.25, 0.3) is 0 Å². The number of carbonyl (C=O) groups is 1. The van der Waals surface area contributed by atoms with Crippen molar-refractivity contribution < 1.29 is 18.0 Å². The van der Waals surface area contributed by atoms with Crippen molar-refractivity contribution in [3.8, 4) is 0 Å². The second-order valence-electron chi connectivity index (χ2n) is 4.95. The lowest BCUT2D eigenvalue weighted by Crippen LogP contribution is -2.53. The van der Waals surface area contributed by atoms with E-state index in [-0.39, 0.29) is 11.7 Å². The molecule has 3 rings (SSSR count). The minimum atomic E-state index is -4.44. The molecule has 1 amide bonds. The van der Waals surface area contributed by atoms with E-state index in [0.717, 1.165) is 31.6 Å². The Bertz CT molecular complexity index is 544. The summed E-state index contributed by atoms with van der Waals surface area (Å²) < 4.78 is 38.2. The van der Waals surface area contributed by atoms with Crippen LogP contribution in [-0.2, 0) is 6.18 Å². The van der Waals surface area contributed by atoms with Gasteiger partial charge >= 0.3 is 6.18 Å². The Hall–Kier alpha value is -1.76. The molecule has 0 aromatic heterocycles. The van der Waals surface area contributed by atoms with Gasteiger partial charge in [-0.15, -0.1) is 0 Å². The topological polar surface area (TPSA) is 44.4 Å². The molecule has 1 aromatic rings. The minimum Gasteiger partial charge on any atom is -0.349 e. The lowest BCUT2D eigenvalue weighted by molar-refractivity contribution is -0.137. The third-order valence-corrected chi connectivity index (χ3v) is 3.68. The molecule has 0 bridgehead atoms. The predicted octanol–water partition coefficient (Wildman–Crippen LogP) is 1.57. The van der Waals surface area contributed by atoms with Crippen LogP contribution in [0.5, 0.6) is 0 Å². The van der Waals surface area contributed by atoms with Gasteiger partial charge in [-0.2, -0.15) is 13.2 Å². The fourth-order valence-electron chi connectivity index (χ4n) is 2.69. The van der Waals surface area contributed by atoms with Gasteiger partial charge in [0, 0.05) is 13.1 Å². The lowest BCUT2D eigenvalue weighted by atomic mass is 10.0. The zero-order chi connectivity index (χ0) is 14.3. The highest BCUT2D eigenvalue weighted by Gasteiger charge is 2.36. The summed E-state index contributed by atoms with van der Waals surface area (Å²) in [6.45, 7) is 2.17. The van der Waals surface area contributed by atoms with Crippen molar-refractivity contribution in [2.24, 2.45) is 0 Å².